The van der Waals surface area contributed by atoms with Crippen LogP contribution in [0.2, 0.25) is 0 Å². The highest BCUT2D eigenvalue weighted by atomic mass is 16.1. The molecule has 0 unspecified atom stereocenters. The van der Waals surface area contributed by atoms with Gasteiger partial charge in [0.1, 0.15) is 5.69 Å². The van der Waals surface area contributed by atoms with Crippen LogP contribution in [0.3, 0.4) is 0 Å². The smallest absolute Gasteiger partial charge is 0.183 e. The summed E-state index contributed by atoms with van der Waals surface area (Å²) < 4.78 is 0. The summed E-state index contributed by atoms with van der Waals surface area (Å²) in [6.45, 7) is 1.95. The summed E-state index contributed by atoms with van der Waals surface area (Å²) in [4.78, 5) is 11.0. The Morgan fingerprint density at radius 2 is 2.30 bits per heavy atom. The molecule has 10 heavy (non-hydrogen) atoms. The third kappa shape index (κ3) is 0.546. The molecule has 1 N–H and O–H groups in total. The first-order valence-corrected chi connectivity index (χ1v) is 3.36. The van der Waals surface area contributed by atoms with Gasteiger partial charge in [-0.2, -0.15) is 5.10 Å². The van der Waals surface area contributed by atoms with Crippen LogP contribution in [0.5, 0.6) is 0 Å². The van der Waals surface area contributed by atoms with Gasteiger partial charge >= 0.3 is 0 Å². The summed E-state index contributed by atoms with van der Waals surface area (Å²) >= 11 is 0. The van der Waals surface area contributed by atoms with Gasteiger partial charge in [-0.25, -0.2) is 0 Å². The molecule has 0 radical (unpaired) electrons. The largest absolute Gasteiger partial charge is 0.292 e. The molecule has 0 aromatic carbocycles. The molecule has 52 valence electrons. The quantitative estimate of drug-likeness (QED) is 0.574. The molecule has 0 amide bonds. The molecule has 0 fully saturated rings. The lowest BCUT2D eigenvalue weighted by Gasteiger charge is -1.85. The highest BCUT2D eigenvalue weighted by molar-refractivity contribution is 5.98. The van der Waals surface area contributed by atoms with Crippen molar-refractivity contribution in [3.05, 3.63) is 17.0 Å². The molecule has 1 aromatic rings. The summed E-state index contributed by atoms with van der Waals surface area (Å²) in [6, 6.07) is 0. The molecule has 2 rings (SSSR count). The fourth-order valence-electron chi connectivity index (χ4n) is 1.35. The topological polar surface area (TPSA) is 45.8 Å². The predicted molar refractivity (Wildman–Crippen MR) is 36.0 cm³/mol. The number of fused-ring (bicyclic) bond motifs is 1. The number of carbonyl (C=O) groups excluding carboxylic acids is 1. The molecule has 1 aliphatic carbocycles. The molecule has 0 bridgehead atoms. The Kier molecular flexibility index (Phi) is 0.952. The number of Topliss-reactive ketones (excluding diaryl/α,β-unsaturated/α-hetero) is 1. The van der Waals surface area contributed by atoms with Crippen molar-refractivity contribution in [3.8, 4) is 0 Å². The maximum atomic E-state index is 11.0. The Balaban J connectivity index is 2.63. The molecule has 1 aromatic heterocycles. The minimum absolute atomic E-state index is 0.180. The Hall–Kier alpha value is -1.12. The van der Waals surface area contributed by atoms with E-state index in [0.717, 1.165) is 17.7 Å². The van der Waals surface area contributed by atoms with Crippen LogP contribution in [0.15, 0.2) is 0 Å². The second-order valence-electron chi connectivity index (χ2n) is 2.60. The Morgan fingerprint density at radius 3 is 3.00 bits per heavy atom. The van der Waals surface area contributed by atoms with Gasteiger partial charge in [0.15, 0.2) is 5.78 Å². The van der Waals surface area contributed by atoms with Crippen LogP contribution in [-0.2, 0) is 6.42 Å². The van der Waals surface area contributed by atoms with Gasteiger partial charge in [-0.15, -0.1) is 0 Å². The minimum atomic E-state index is 0.180. The number of aryl methyl sites for hydroxylation is 1. The van der Waals surface area contributed by atoms with Gasteiger partial charge in [-0.05, 0) is 13.3 Å². The number of nitrogens with one attached hydrogen (secondary N) is 1. The van der Waals surface area contributed by atoms with Gasteiger partial charge in [0.05, 0.1) is 0 Å². The zero-order chi connectivity index (χ0) is 7.14. The second-order valence-corrected chi connectivity index (χ2v) is 2.60. The first-order valence-electron chi connectivity index (χ1n) is 3.36. The molecule has 0 atom stereocenters. The highest BCUT2D eigenvalue weighted by Gasteiger charge is 2.23. The third-order valence-electron chi connectivity index (χ3n) is 1.94. The van der Waals surface area contributed by atoms with Crippen molar-refractivity contribution in [1.82, 2.24) is 10.2 Å². The first kappa shape index (κ1) is 5.65. The fourth-order valence-corrected chi connectivity index (χ4v) is 1.35. The summed E-state index contributed by atoms with van der Waals surface area (Å²) in [5, 5.41) is 6.70. The van der Waals surface area contributed by atoms with E-state index in [-0.39, 0.29) is 5.78 Å². The van der Waals surface area contributed by atoms with E-state index in [1.807, 2.05) is 6.92 Å². The van der Waals surface area contributed by atoms with Crippen LogP contribution >= 0.6 is 0 Å². The van der Waals surface area contributed by atoms with Gasteiger partial charge in [0.2, 0.25) is 0 Å². The highest BCUT2D eigenvalue weighted by Crippen LogP contribution is 2.21. The number of nitrogens with zero attached hydrogens (tertiary/aromatic N) is 1. The van der Waals surface area contributed by atoms with Crippen LogP contribution in [0.4, 0.5) is 0 Å². The van der Waals surface area contributed by atoms with Gasteiger partial charge in [-0.3, -0.25) is 9.89 Å². The van der Waals surface area contributed by atoms with E-state index in [1.165, 1.54) is 0 Å². The van der Waals surface area contributed by atoms with Crippen LogP contribution in [-0.4, -0.2) is 16.0 Å². The average molecular weight is 136 g/mol. The maximum Gasteiger partial charge on any atom is 0.183 e. The van der Waals surface area contributed by atoms with E-state index in [4.69, 9.17) is 0 Å². The molecular formula is C7H8N2O. The van der Waals surface area contributed by atoms with Gasteiger partial charge in [0, 0.05) is 17.7 Å². The summed E-state index contributed by atoms with van der Waals surface area (Å²) in [5.74, 6) is 0.180. The third-order valence-corrected chi connectivity index (χ3v) is 1.94. The molecule has 0 saturated carbocycles. The molecule has 3 nitrogen and oxygen atoms in total. The summed E-state index contributed by atoms with van der Waals surface area (Å²) in [5.41, 5.74) is 2.82. The molecule has 0 saturated heterocycles. The van der Waals surface area contributed by atoms with Crippen LogP contribution in [0.25, 0.3) is 0 Å². The fraction of sp³-hybridized carbons (Fsp3) is 0.429. The van der Waals surface area contributed by atoms with Crippen molar-refractivity contribution < 1.29 is 4.79 Å². The SMILES string of the molecule is Cc1[nH]nc2c1CCC2=O. The Bertz CT molecular complexity index is 288. The van der Waals surface area contributed by atoms with Crippen LogP contribution < -0.4 is 0 Å². The first-order chi connectivity index (χ1) is 4.79. The van der Waals surface area contributed by atoms with Crippen LogP contribution in [0.1, 0.15) is 28.2 Å². The minimum Gasteiger partial charge on any atom is -0.292 e. The average Bonchev–Trinajstić information content (AvgIpc) is 2.41. The number of ketones is 1. The number of aromatic amines is 1. The number of H-pyrrole nitrogens is 1. The Morgan fingerprint density at radius 1 is 1.50 bits per heavy atom. The predicted octanol–water partition coefficient (Wildman–Crippen LogP) is 0.847. The standard InChI is InChI=1S/C7H8N2O/c1-4-5-2-3-6(10)7(5)9-8-4/h2-3H2,1H3,(H,8,9). The van der Waals surface area contributed by atoms with Crippen molar-refractivity contribution in [1.29, 1.82) is 0 Å². The van der Waals surface area contributed by atoms with E-state index in [0.29, 0.717) is 12.1 Å². The monoisotopic (exact) mass is 136 g/mol. The zero-order valence-electron chi connectivity index (χ0n) is 5.77. The van der Waals surface area contributed by atoms with Crippen molar-refractivity contribution in [2.24, 2.45) is 0 Å². The van der Waals surface area contributed by atoms with E-state index in [1.54, 1.807) is 0 Å². The number of carbonyl (C=O) groups is 1. The van der Waals surface area contributed by atoms with E-state index in [9.17, 15) is 4.79 Å². The molecule has 0 spiro atoms. The zero-order valence-corrected chi connectivity index (χ0v) is 5.77. The summed E-state index contributed by atoms with van der Waals surface area (Å²) in [7, 11) is 0. The second kappa shape index (κ2) is 1.68. The van der Waals surface area contributed by atoms with E-state index in [2.05, 4.69) is 10.2 Å². The molecule has 1 aliphatic rings. The lowest BCUT2D eigenvalue weighted by atomic mass is 10.2. The number of hydrogen-bond acceptors (Lipinski definition) is 2. The number of rotatable bonds is 0. The van der Waals surface area contributed by atoms with Gasteiger partial charge in [0.25, 0.3) is 0 Å². The van der Waals surface area contributed by atoms with Crippen LogP contribution in [0, 0.1) is 6.92 Å². The van der Waals surface area contributed by atoms with Crippen molar-refractivity contribution in [2.45, 2.75) is 19.8 Å². The summed E-state index contributed by atoms with van der Waals surface area (Å²) in [6.07, 6.45) is 1.52. The number of aromatic nitrogens is 2. The maximum absolute atomic E-state index is 11.0. The van der Waals surface area contributed by atoms with Gasteiger partial charge in [-0.1, -0.05) is 0 Å². The lowest BCUT2D eigenvalue weighted by Crippen LogP contribution is -1.91. The van der Waals surface area contributed by atoms with Crippen molar-refractivity contribution in [3.63, 3.8) is 0 Å². The molecule has 0 aliphatic heterocycles. The van der Waals surface area contributed by atoms with E-state index < -0.39 is 0 Å². The van der Waals surface area contributed by atoms with Crippen molar-refractivity contribution in [2.75, 3.05) is 0 Å². The lowest BCUT2D eigenvalue weighted by molar-refractivity contribution is 0.0990. The molecule has 1 heterocycles. The molecular weight excluding hydrogens is 128 g/mol. The van der Waals surface area contributed by atoms with E-state index >= 15 is 0 Å². The van der Waals surface area contributed by atoms with Gasteiger partial charge < -0.3 is 0 Å². The van der Waals surface area contributed by atoms with Crippen molar-refractivity contribution >= 4 is 5.78 Å². The number of hydrogen-bond donors (Lipinski definition) is 1. The Labute approximate surface area is 58.4 Å². The molecule has 3 heteroatoms. The normalized spacial score (nSPS) is 15.9.